The van der Waals surface area contributed by atoms with Gasteiger partial charge in [0.25, 0.3) is 0 Å². The summed E-state index contributed by atoms with van der Waals surface area (Å²) in [6, 6.07) is 3.86. The summed E-state index contributed by atoms with van der Waals surface area (Å²) in [5.41, 5.74) is 8.20. The SMILES string of the molecule is C=CCC[C@@H](N)c1c(OC)cc(C)cc1OC.Cl. The standard InChI is InChI=1S/C14H21NO2.ClH/c1-5-6-7-11(15)14-12(16-3)8-10(2)9-13(14)17-4;/h5,8-9,11H,1,6-7,15H2,2-4H3;1H/t11-;/m1./s1. The van der Waals surface area contributed by atoms with Crippen LogP contribution in [-0.4, -0.2) is 14.2 Å². The maximum Gasteiger partial charge on any atom is 0.127 e. The van der Waals surface area contributed by atoms with Crippen molar-refractivity contribution in [1.82, 2.24) is 0 Å². The molecule has 1 atom stereocenters. The smallest absolute Gasteiger partial charge is 0.127 e. The van der Waals surface area contributed by atoms with Gasteiger partial charge in [-0.05, 0) is 37.5 Å². The van der Waals surface area contributed by atoms with E-state index < -0.39 is 0 Å². The first-order valence-corrected chi connectivity index (χ1v) is 5.73. The summed E-state index contributed by atoms with van der Waals surface area (Å²) in [6.07, 6.45) is 3.58. The molecule has 4 heteroatoms. The Balaban J connectivity index is 0.00000289. The van der Waals surface area contributed by atoms with Gasteiger partial charge >= 0.3 is 0 Å². The molecular weight excluding hydrogens is 250 g/mol. The Bertz CT molecular complexity index is 368. The lowest BCUT2D eigenvalue weighted by Gasteiger charge is -2.19. The van der Waals surface area contributed by atoms with E-state index in [0.29, 0.717) is 0 Å². The Hall–Kier alpha value is -1.19. The van der Waals surface area contributed by atoms with E-state index in [1.807, 2.05) is 25.1 Å². The first-order valence-electron chi connectivity index (χ1n) is 5.73. The predicted octanol–water partition coefficient (Wildman–Crippen LogP) is 3.40. The molecule has 0 aliphatic carbocycles. The Morgan fingerprint density at radius 3 is 2.17 bits per heavy atom. The van der Waals surface area contributed by atoms with E-state index in [9.17, 15) is 0 Å². The highest BCUT2D eigenvalue weighted by molar-refractivity contribution is 5.85. The van der Waals surface area contributed by atoms with Crippen molar-refractivity contribution in [3.63, 3.8) is 0 Å². The van der Waals surface area contributed by atoms with Crippen molar-refractivity contribution in [2.75, 3.05) is 14.2 Å². The van der Waals surface area contributed by atoms with E-state index in [4.69, 9.17) is 15.2 Å². The van der Waals surface area contributed by atoms with Gasteiger partial charge in [0, 0.05) is 6.04 Å². The second kappa shape index (κ2) is 8.01. The molecule has 0 bridgehead atoms. The van der Waals surface area contributed by atoms with E-state index in [1.54, 1.807) is 14.2 Å². The highest BCUT2D eigenvalue weighted by atomic mass is 35.5. The Morgan fingerprint density at radius 1 is 1.28 bits per heavy atom. The lowest BCUT2D eigenvalue weighted by Crippen LogP contribution is -2.13. The second-order valence-corrected chi connectivity index (χ2v) is 4.06. The van der Waals surface area contributed by atoms with Gasteiger partial charge in [-0.2, -0.15) is 0 Å². The highest BCUT2D eigenvalue weighted by Gasteiger charge is 2.17. The summed E-state index contributed by atoms with van der Waals surface area (Å²) >= 11 is 0. The molecule has 0 aliphatic rings. The first-order chi connectivity index (χ1) is 8.13. The molecule has 0 aliphatic heterocycles. The van der Waals surface area contributed by atoms with E-state index in [1.165, 1.54) is 0 Å². The molecule has 0 spiro atoms. The fourth-order valence-electron chi connectivity index (χ4n) is 1.88. The number of benzene rings is 1. The van der Waals surface area contributed by atoms with Crippen LogP contribution in [0.25, 0.3) is 0 Å². The minimum atomic E-state index is -0.0986. The van der Waals surface area contributed by atoms with Crippen molar-refractivity contribution >= 4 is 12.4 Å². The minimum Gasteiger partial charge on any atom is -0.496 e. The van der Waals surface area contributed by atoms with Crippen molar-refractivity contribution in [2.45, 2.75) is 25.8 Å². The van der Waals surface area contributed by atoms with E-state index >= 15 is 0 Å². The molecule has 0 heterocycles. The molecule has 2 N–H and O–H groups in total. The fourth-order valence-corrected chi connectivity index (χ4v) is 1.88. The molecule has 0 radical (unpaired) electrons. The number of methoxy groups -OCH3 is 2. The molecule has 1 aromatic rings. The molecule has 3 nitrogen and oxygen atoms in total. The average Bonchev–Trinajstić information content (AvgIpc) is 2.34. The summed E-state index contributed by atoms with van der Waals surface area (Å²) in [6.45, 7) is 5.71. The third-order valence-corrected chi connectivity index (χ3v) is 2.74. The minimum absolute atomic E-state index is 0. The van der Waals surface area contributed by atoms with Gasteiger partial charge in [-0.3, -0.25) is 0 Å². The van der Waals surface area contributed by atoms with Crippen LogP contribution in [0.2, 0.25) is 0 Å². The van der Waals surface area contributed by atoms with Crippen LogP contribution in [0.3, 0.4) is 0 Å². The van der Waals surface area contributed by atoms with Crippen molar-refractivity contribution in [3.8, 4) is 11.5 Å². The van der Waals surface area contributed by atoms with Crippen molar-refractivity contribution in [1.29, 1.82) is 0 Å². The lowest BCUT2D eigenvalue weighted by atomic mass is 9.99. The first kappa shape index (κ1) is 16.8. The summed E-state index contributed by atoms with van der Waals surface area (Å²) in [7, 11) is 3.30. The van der Waals surface area contributed by atoms with E-state index in [2.05, 4.69) is 6.58 Å². The molecule has 0 saturated carbocycles. The number of rotatable bonds is 6. The molecule has 0 amide bonds. The van der Waals surface area contributed by atoms with Gasteiger partial charge in [0.15, 0.2) is 0 Å². The van der Waals surface area contributed by atoms with Crippen LogP contribution in [0.4, 0.5) is 0 Å². The number of hydrogen-bond acceptors (Lipinski definition) is 3. The number of ether oxygens (including phenoxy) is 2. The third-order valence-electron chi connectivity index (χ3n) is 2.74. The summed E-state index contributed by atoms with van der Waals surface area (Å²) in [4.78, 5) is 0. The van der Waals surface area contributed by atoms with Crippen molar-refractivity contribution < 1.29 is 9.47 Å². The van der Waals surface area contributed by atoms with Gasteiger partial charge in [0.05, 0.1) is 19.8 Å². The zero-order valence-electron chi connectivity index (χ0n) is 11.2. The van der Waals surface area contributed by atoms with Crippen LogP contribution in [0.15, 0.2) is 24.8 Å². The number of halogens is 1. The van der Waals surface area contributed by atoms with Crippen LogP contribution in [0.5, 0.6) is 11.5 Å². The van der Waals surface area contributed by atoms with Gasteiger partial charge < -0.3 is 15.2 Å². The summed E-state index contributed by atoms with van der Waals surface area (Å²) < 4.78 is 10.8. The van der Waals surface area contributed by atoms with Gasteiger partial charge in [-0.25, -0.2) is 0 Å². The van der Waals surface area contributed by atoms with Crippen LogP contribution in [-0.2, 0) is 0 Å². The molecule has 1 rings (SSSR count). The monoisotopic (exact) mass is 271 g/mol. The molecule has 0 aromatic heterocycles. The van der Waals surface area contributed by atoms with Crippen LogP contribution in [0, 0.1) is 6.92 Å². The Kier molecular flexibility index (Phi) is 7.48. The van der Waals surface area contributed by atoms with E-state index in [0.717, 1.165) is 35.5 Å². The van der Waals surface area contributed by atoms with E-state index in [-0.39, 0.29) is 18.4 Å². The van der Waals surface area contributed by atoms with Crippen LogP contribution < -0.4 is 15.2 Å². The number of hydrogen-bond donors (Lipinski definition) is 1. The normalized spacial score (nSPS) is 11.3. The Labute approximate surface area is 115 Å². The number of nitrogens with two attached hydrogens (primary N) is 1. The molecule has 0 unspecified atom stereocenters. The zero-order chi connectivity index (χ0) is 12.8. The molecular formula is C14H22ClNO2. The van der Waals surface area contributed by atoms with Crippen LogP contribution in [0.1, 0.15) is 30.0 Å². The van der Waals surface area contributed by atoms with Gasteiger partial charge in [0.1, 0.15) is 11.5 Å². The topological polar surface area (TPSA) is 44.5 Å². The zero-order valence-corrected chi connectivity index (χ0v) is 12.0. The molecule has 0 fully saturated rings. The molecule has 18 heavy (non-hydrogen) atoms. The lowest BCUT2D eigenvalue weighted by molar-refractivity contribution is 0.376. The average molecular weight is 272 g/mol. The fraction of sp³-hybridized carbons (Fsp3) is 0.429. The predicted molar refractivity (Wildman–Crippen MR) is 77.9 cm³/mol. The molecule has 1 aromatic carbocycles. The van der Waals surface area contributed by atoms with Crippen molar-refractivity contribution in [2.24, 2.45) is 5.73 Å². The van der Waals surface area contributed by atoms with Gasteiger partial charge in [0.2, 0.25) is 0 Å². The molecule has 102 valence electrons. The quantitative estimate of drug-likeness (QED) is 0.807. The largest absolute Gasteiger partial charge is 0.496 e. The van der Waals surface area contributed by atoms with Gasteiger partial charge in [-0.1, -0.05) is 6.08 Å². The van der Waals surface area contributed by atoms with Crippen molar-refractivity contribution in [3.05, 3.63) is 35.9 Å². The van der Waals surface area contributed by atoms with Gasteiger partial charge in [-0.15, -0.1) is 19.0 Å². The summed E-state index contributed by atoms with van der Waals surface area (Å²) in [5, 5.41) is 0. The maximum atomic E-state index is 6.18. The number of aryl methyl sites for hydroxylation is 1. The molecule has 0 saturated heterocycles. The van der Waals surface area contributed by atoms with Crippen LogP contribution >= 0.6 is 12.4 Å². The maximum absolute atomic E-state index is 6.18. The second-order valence-electron chi connectivity index (χ2n) is 4.06. The summed E-state index contributed by atoms with van der Waals surface area (Å²) in [5.74, 6) is 1.58. The number of allylic oxidation sites excluding steroid dienone is 1. The highest BCUT2D eigenvalue weighted by Crippen LogP contribution is 2.36. The third kappa shape index (κ3) is 3.93. The Morgan fingerprint density at radius 2 is 1.78 bits per heavy atom.